The first kappa shape index (κ1) is 17.5. The first-order valence-corrected chi connectivity index (χ1v) is 7.59. The predicted octanol–water partition coefficient (Wildman–Crippen LogP) is 1.45. The average molecular weight is 328 g/mol. The van der Waals surface area contributed by atoms with Crippen molar-refractivity contribution in [2.45, 2.75) is 12.5 Å². The smallest absolute Gasteiger partial charge is 0.320 e. The first-order valence-electron chi connectivity index (χ1n) is 7.59. The second kappa shape index (κ2) is 8.69. The maximum absolute atomic E-state index is 11.8. The van der Waals surface area contributed by atoms with Gasteiger partial charge in [-0.15, -0.1) is 0 Å². The van der Waals surface area contributed by atoms with Gasteiger partial charge in [-0.1, -0.05) is 30.3 Å². The van der Waals surface area contributed by atoms with E-state index in [1.165, 1.54) is 0 Å². The number of carbonyl (C=O) groups is 2. The minimum atomic E-state index is -1.02. The number of benzene rings is 2. The highest BCUT2D eigenvalue weighted by molar-refractivity contribution is 5.94. The molecule has 24 heavy (non-hydrogen) atoms. The summed E-state index contributed by atoms with van der Waals surface area (Å²) in [5.74, 6) is -0.515. The summed E-state index contributed by atoms with van der Waals surface area (Å²) in [5.41, 5.74) is 6.93. The van der Waals surface area contributed by atoms with Crippen LogP contribution in [0.2, 0.25) is 0 Å². The Morgan fingerprint density at radius 1 is 1.08 bits per heavy atom. The number of amides is 1. The van der Waals surface area contributed by atoms with Crippen LogP contribution in [0.25, 0.3) is 0 Å². The molecule has 6 nitrogen and oxygen atoms in total. The van der Waals surface area contributed by atoms with E-state index in [0.29, 0.717) is 24.5 Å². The average Bonchev–Trinajstić information content (AvgIpc) is 2.60. The molecule has 0 aliphatic carbocycles. The lowest BCUT2D eigenvalue weighted by atomic mass is 10.1. The molecule has 0 radical (unpaired) electrons. The van der Waals surface area contributed by atoms with Crippen molar-refractivity contribution in [2.24, 2.45) is 5.73 Å². The van der Waals surface area contributed by atoms with Crippen molar-refractivity contribution in [1.82, 2.24) is 5.32 Å². The van der Waals surface area contributed by atoms with Gasteiger partial charge in [-0.25, -0.2) is 0 Å². The van der Waals surface area contributed by atoms with E-state index < -0.39 is 12.0 Å². The minimum Gasteiger partial charge on any atom is -0.492 e. The predicted molar refractivity (Wildman–Crippen MR) is 90.0 cm³/mol. The van der Waals surface area contributed by atoms with E-state index in [-0.39, 0.29) is 12.3 Å². The summed E-state index contributed by atoms with van der Waals surface area (Å²) in [6.07, 6.45) is 0.267. The van der Waals surface area contributed by atoms with E-state index in [9.17, 15) is 9.59 Å². The summed E-state index contributed by atoms with van der Waals surface area (Å²) in [6, 6.07) is 15.1. The summed E-state index contributed by atoms with van der Waals surface area (Å²) in [5, 5.41) is 11.6. The molecule has 1 amide bonds. The Labute approximate surface area is 140 Å². The fourth-order valence-electron chi connectivity index (χ4n) is 2.09. The minimum absolute atomic E-state index is 0.141. The third-order valence-electron chi connectivity index (χ3n) is 3.39. The van der Waals surface area contributed by atoms with Gasteiger partial charge in [0.25, 0.3) is 5.91 Å². The van der Waals surface area contributed by atoms with Crippen LogP contribution in [0.15, 0.2) is 54.6 Å². The van der Waals surface area contributed by atoms with Crippen molar-refractivity contribution < 1.29 is 19.4 Å². The molecule has 0 unspecified atom stereocenters. The molecule has 0 saturated carbocycles. The SMILES string of the molecule is N[C@@H](Cc1ccc(OCCNC(=O)c2ccccc2)cc1)C(=O)O. The standard InChI is InChI=1S/C18H20N2O4/c19-16(18(22)23)12-13-6-8-15(9-7-13)24-11-10-20-17(21)14-4-2-1-3-5-14/h1-9,16H,10-12,19H2,(H,20,21)(H,22,23)/t16-/m0/s1. The van der Waals surface area contributed by atoms with Gasteiger partial charge < -0.3 is 20.9 Å². The van der Waals surface area contributed by atoms with Gasteiger partial charge in [-0.05, 0) is 36.2 Å². The number of hydrogen-bond donors (Lipinski definition) is 3. The maximum atomic E-state index is 11.8. The zero-order valence-corrected chi connectivity index (χ0v) is 13.1. The van der Waals surface area contributed by atoms with Gasteiger partial charge in [0.15, 0.2) is 0 Å². The molecule has 6 heteroatoms. The number of nitrogens with one attached hydrogen (secondary N) is 1. The molecule has 0 heterocycles. The number of ether oxygens (including phenoxy) is 1. The van der Waals surface area contributed by atoms with Gasteiger partial charge in [0, 0.05) is 5.56 Å². The van der Waals surface area contributed by atoms with Crippen molar-refractivity contribution in [3.63, 3.8) is 0 Å². The molecule has 0 aliphatic heterocycles. The fourth-order valence-corrected chi connectivity index (χ4v) is 2.09. The third kappa shape index (κ3) is 5.40. The number of nitrogens with two attached hydrogens (primary N) is 1. The van der Waals surface area contributed by atoms with Crippen LogP contribution < -0.4 is 15.8 Å². The largest absolute Gasteiger partial charge is 0.492 e. The first-order chi connectivity index (χ1) is 11.6. The summed E-state index contributed by atoms with van der Waals surface area (Å²) in [7, 11) is 0. The number of rotatable bonds is 8. The van der Waals surface area contributed by atoms with Crippen LogP contribution in [-0.4, -0.2) is 36.2 Å². The number of carboxylic acids is 1. The molecular weight excluding hydrogens is 308 g/mol. The van der Waals surface area contributed by atoms with Gasteiger partial charge in [0.1, 0.15) is 18.4 Å². The highest BCUT2D eigenvalue weighted by Crippen LogP contribution is 2.13. The van der Waals surface area contributed by atoms with Gasteiger partial charge in [-0.2, -0.15) is 0 Å². The van der Waals surface area contributed by atoms with E-state index in [1.54, 1.807) is 36.4 Å². The van der Waals surface area contributed by atoms with Crippen molar-refractivity contribution in [3.8, 4) is 5.75 Å². The van der Waals surface area contributed by atoms with Crippen LogP contribution in [0, 0.1) is 0 Å². The van der Waals surface area contributed by atoms with Crippen LogP contribution in [0.4, 0.5) is 0 Å². The normalized spacial score (nSPS) is 11.5. The van der Waals surface area contributed by atoms with Gasteiger partial charge in [-0.3, -0.25) is 9.59 Å². The fraction of sp³-hybridized carbons (Fsp3) is 0.222. The lowest BCUT2D eigenvalue weighted by Crippen LogP contribution is -2.32. The highest BCUT2D eigenvalue weighted by Gasteiger charge is 2.11. The number of carbonyl (C=O) groups excluding carboxylic acids is 1. The molecule has 0 bridgehead atoms. The molecular formula is C18H20N2O4. The van der Waals surface area contributed by atoms with Crippen molar-refractivity contribution in [2.75, 3.05) is 13.2 Å². The number of aliphatic carboxylic acids is 1. The molecule has 0 saturated heterocycles. The number of hydrogen-bond acceptors (Lipinski definition) is 4. The molecule has 2 aromatic carbocycles. The van der Waals surface area contributed by atoms with Crippen LogP contribution in [0.3, 0.4) is 0 Å². The van der Waals surface area contributed by atoms with Crippen LogP contribution in [0.5, 0.6) is 5.75 Å². The Morgan fingerprint density at radius 3 is 2.38 bits per heavy atom. The Hall–Kier alpha value is -2.86. The molecule has 0 fully saturated rings. The Bertz CT molecular complexity index is 671. The van der Waals surface area contributed by atoms with E-state index >= 15 is 0 Å². The Kier molecular flexibility index (Phi) is 6.33. The summed E-state index contributed by atoms with van der Waals surface area (Å²) in [4.78, 5) is 22.6. The molecule has 0 aliphatic rings. The topological polar surface area (TPSA) is 102 Å². The zero-order valence-electron chi connectivity index (χ0n) is 13.1. The lowest BCUT2D eigenvalue weighted by molar-refractivity contribution is -0.138. The maximum Gasteiger partial charge on any atom is 0.320 e. The van der Waals surface area contributed by atoms with Gasteiger partial charge >= 0.3 is 5.97 Å². The van der Waals surface area contributed by atoms with Crippen molar-refractivity contribution in [3.05, 3.63) is 65.7 Å². The van der Waals surface area contributed by atoms with Gasteiger partial charge in [0.05, 0.1) is 6.54 Å². The highest BCUT2D eigenvalue weighted by atomic mass is 16.5. The Morgan fingerprint density at radius 2 is 1.75 bits per heavy atom. The van der Waals surface area contributed by atoms with E-state index in [2.05, 4.69) is 5.32 Å². The van der Waals surface area contributed by atoms with E-state index in [1.807, 2.05) is 18.2 Å². The third-order valence-corrected chi connectivity index (χ3v) is 3.39. The molecule has 2 aromatic rings. The van der Waals surface area contributed by atoms with Crippen LogP contribution in [-0.2, 0) is 11.2 Å². The molecule has 1 atom stereocenters. The van der Waals surface area contributed by atoms with Crippen LogP contribution >= 0.6 is 0 Å². The second-order valence-corrected chi connectivity index (χ2v) is 5.26. The summed E-state index contributed by atoms with van der Waals surface area (Å²) < 4.78 is 5.54. The molecule has 0 spiro atoms. The molecule has 2 rings (SSSR count). The van der Waals surface area contributed by atoms with E-state index in [4.69, 9.17) is 15.6 Å². The second-order valence-electron chi connectivity index (χ2n) is 5.26. The lowest BCUT2D eigenvalue weighted by Gasteiger charge is -2.10. The molecule has 4 N–H and O–H groups in total. The zero-order chi connectivity index (χ0) is 17.4. The van der Waals surface area contributed by atoms with Crippen molar-refractivity contribution in [1.29, 1.82) is 0 Å². The van der Waals surface area contributed by atoms with E-state index in [0.717, 1.165) is 5.56 Å². The van der Waals surface area contributed by atoms with Gasteiger partial charge in [0.2, 0.25) is 0 Å². The van der Waals surface area contributed by atoms with Crippen LogP contribution in [0.1, 0.15) is 15.9 Å². The summed E-state index contributed by atoms with van der Waals surface area (Å²) in [6.45, 7) is 0.728. The molecule has 0 aromatic heterocycles. The molecule has 126 valence electrons. The monoisotopic (exact) mass is 328 g/mol. The quantitative estimate of drug-likeness (QED) is 0.637. The van der Waals surface area contributed by atoms with Crippen molar-refractivity contribution >= 4 is 11.9 Å². The number of carboxylic acid groups (broad SMARTS) is 1. The summed E-state index contributed by atoms with van der Waals surface area (Å²) >= 11 is 0. The Balaban J connectivity index is 1.73.